The van der Waals surface area contributed by atoms with Crippen molar-refractivity contribution in [3.63, 3.8) is 0 Å². The molecular weight excluding hydrogens is 282 g/mol. The Morgan fingerprint density at radius 2 is 2.09 bits per heavy atom. The number of ether oxygens (including phenoxy) is 2. The lowest BCUT2D eigenvalue weighted by atomic mass is 10.3. The van der Waals surface area contributed by atoms with Crippen molar-refractivity contribution in [2.45, 2.75) is 20.1 Å². The van der Waals surface area contributed by atoms with Crippen molar-refractivity contribution in [2.75, 3.05) is 19.8 Å². The summed E-state index contributed by atoms with van der Waals surface area (Å²) in [6.45, 7) is 4.13. The Bertz CT molecular complexity index is 569. The lowest BCUT2D eigenvalue weighted by molar-refractivity contribution is 0.0937. The van der Waals surface area contributed by atoms with Crippen LogP contribution in [0.25, 0.3) is 0 Å². The third-order valence-electron chi connectivity index (χ3n) is 2.94. The fourth-order valence-corrected chi connectivity index (χ4v) is 1.82. The molecular formula is C16H21N3O3. The number of benzene rings is 1. The Kier molecular flexibility index (Phi) is 6.44. The molecule has 0 aliphatic carbocycles. The van der Waals surface area contributed by atoms with E-state index < -0.39 is 0 Å². The van der Waals surface area contributed by atoms with Gasteiger partial charge in [-0.2, -0.15) is 5.10 Å². The van der Waals surface area contributed by atoms with Crippen molar-refractivity contribution in [2.24, 2.45) is 0 Å². The highest BCUT2D eigenvalue weighted by Crippen LogP contribution is 2.09. The van der Waals surface area contributed by atoms with Gasteiger partial charge in [0.1, 0.15) is 11.4 Å². The molecule has 0 fully saturated rings. The quantitative estimate of drug-likeness (QED) is 0.720. The van der Waals surface area contributed by atoms with Crippen molar-refractivity contribution < 1.29 is 14.3 Å². The second-order valence-corrected chi connectivity index (χ2v) is 4.63. The molecule has 1 amide bonds. The molecule has 2 rings (SSSR count). The average molecular weight is 303 g/mol. The Morgan fingerprint density at radius 3 is 2.86 bits per heavy atom. The second-order valence-electron chi connectivity index (χ2n) is 4.63. The third kappa shape index (κ3) is 5.21. The van der Waals surface area contributed by atoms with E-state index in [0.29, 0.717) is 25.5 Å². The van der Waals surface area contributed by atoms with Crippen LogP contribution in [0.5, 0.6) is 5.75 Å². The van der Waals surface area contributed by atoms with Crippen LogP contribution in [0.3, 0.4) is 0 Å². The summed E-state index contributed by atoms with van der Waals surface area (Å²) in [5, 5.41) is 7.00. The minimum Gasteiger partial charge on any atom is -0.471 e. The fourth-order valence-electron chi connectivity index (χ4n) is 1.82. The number of aromatic nitrogens is 2. The minimum absolute atomic E-state index is 0.185. The Hall–Kier alpha value is -2.34. The van der Waals surface area contributed by atoms with E-state index in [9.17, 15) is 4.79 Å². The van der Waals surface area contributed by atoms with Crippen LogP contribution in [0.1, 0.15) is 23.8 Å². The third-order valence-corrected chi connectivity index (χ3v) is 2.94. The zero-order valence-electron chi connectivity index (χ0n) is 12.7. The average Bonchev–Trinajstić information content (AvgIpc) is 3.03. The lowest BCUT2D eigenvalue weighted by Gasteiger charge is -2.05. The molecule has 0 aliphatic rings. The van der Waals surface area contributed by atoms with Gasteiger partial charge < -0.3 is 14.8 Å². The number of para-hydroxylation sites is 1. The zero-order valence-corrected chi connectivity index (χ0v) is 12.7. The number of rotatable bonds is 9. The van der Waals surface area contributed by atoms with Crippen molar-refractivity contribution in [1.82, 2.24) is 15.1 Å². The molecule has 0 aliphatic heterocycles. The van der Waals surface area contributed by atoms with E-state index >= 15 is 0 Å². The Balaban J connectivity index is 1.74. The first-order valence-corrected chi connectivity index (χ1v) is 7.37. The molecule has 0 radical (unpaired) electrons. The predicted molar refractivity (Wildman–Crippen MR) is 82.7 cm³/mol. The largest absolute Gasteiger partial charge is 0.471 e. The summed E-state index contributed by atoms with van der Waals surface area (Å²) < 4.78 is 12.4. The van der Waals surface area contributed by atoms with Crippen molar-refractivity contribution in [3.05, 3.63) is 48.3 Å². The van der Waals surface area contributed by atoms with Crippen molar-refractivity contribution in [1.29, 1.82) is 0 Å². The first-order valence-electron chi connectivity index (χ1n) is 7.37. The molecule has 0 spiro atoms. The maximum Gasteiger partial charge on any atom is 0.271 e. The highest BCUT2D eigenvalue weighted by molar-refractivity contribution is 5.92. The van der Waals surface area contributed by atoms with Crippen LogP contribution in [0.2, 0.25) is 0 Å². The van der Waals surface area contributed by atoms with E-state index in [1.165, 1.54) is 0 Å². The maximum absolute atomic E-state index is 11.9. The monoisotopic (exact) mass is 303 g/mol. The summed E-state index contributed by atoms with van der Waals surface area (Å²) in [4.78, 5) is 11.9. The lowest BCUT2D eigenvalue weighted by Crippen LogP contribution is -2.26. The summed E-state index contributed by atoms with van der Waals surface area (Å²) in [5.74, 6) is 0.579. The molecule has 1 N–H and O–H groups in total. The Labute approximate surface area is 130 Å². The van der Waals surface area contributed by atoms with E-state index in [0.717, 1.165) is 12.2 Å². The Morgan fingerprint density at radius 1 is 1.27 bits per heavy atom. The van der Waals surface area contributed by atoms with Gasteiger partial charge in [-0.15, -0.1) is 0 Å². The number of amides is 1. The zero-order chi connectivity index (χ0) is 15.6. The summed E-state index contributed by atoms with van der Waals surface area (Å²) in [6.07, 6.45) is 2.51. The van der Waals surface area contributed by atoms with Crippen LogP contribution in [0, 0.1) is 0 Å². The maximum atomic E-state index is 11.9. The number of nitrogens with zero attached hydrogens (tertiary/aromatic N) is 2. The van der Waals surface area contributed by atoms with Gasteiger partial charge in [-0.3, -0.25) is 4.79 Å². The van der Waals surface area contributed by atoms with Gasteiger partial charge in [0, 0.05) is 26.0 Å². The molecule has 1 heterocycles. The fraction of sp³-hybridized carbons (Fsp3) is 0.375. The highest BCUT2D eigenvalue weighted by atomic mass is 16.5. The minimum atomic E-state index is -0.185. The van der Waals surface area contributed by atoms with Gasteiger partial charge in [-0.05, 0) is 31.5 Å². The van der Waals surface area contributed by atoms with Crippen LogP contribution in [0.15, 0.2) is 42.6 Å². The molecule has 1 aromatic heterocycles. The molecule has 0 unspecified atom stereocenters. The highest BCUT2D eigenvalue weighted by Gasteiger charge is 2.08. The van der Waals surface area contributed by atoms with Gasteiger partial charge in [0.2, 0.25) is 0 Å². The predicted octanol–water partition coefficient (Wildman–Crippen LogP) is 2.08. The van der Waals surface area contributed by atoms with Gasteiger partial charge in [-0.1, -0.05) is 18.2 Å². The second kappa shape index (κ2) is 8.84. The standard InChI is InChI=1S/C16H21N3O3/c1-2-21-12-6-10-17-16(20)15-9-11-19(18-15)13-22-14-7-4-3-5-8-14/h3-5,7-9,11H,2,6,10,12-13H2,1H3,(H,17,20). The molecule has 22 heavy (non-hydrogen) atoms. The normalized spacial score (nSPS) is 10.4. The van der Waals surface area contributed by atoms with E-state index in [1.807, 2.05) is 37.3 Å². The van der Waals surface area contributed by atoms with Crippen LogP contribution in [-0.2, 0) is 11.5 Å². The SMILES string of the molecule is CCOCCCNC(=O)c1ccn(COc2ccccc2)n1. The van der Waals surface area contributed by atoms with Gasteiger partial charge in [0.05, 0.1) is 0 Å². The molecule has 0 saturated carbocycles. The molecule has 1 aromatic carbocycles. The van der Waals surface area contributed by atoms with Crippen molar-refractivity contribution >= 4 is 5.91 Å². The summed E-state index contributed by atoms with van der Waals surface area (Å²) in [7, 11) is 0. The molecule has 6 nitrogen and oxygen atoms in total. The van der Waals surface area contributed by atoms with Crippen LogP contribution >= 0.6 is 0 Å². The molecule has 6 heteroatoms. The van der Waals surface area contributed by atoms with E-state index in [-0.39, 0.29) is 12.6 Å². The number of nitrogens with one attached hydrogen (secondary N) is 1. The van der Waals surface area contributed by atoms with E-state index in [2.05, 4.69) is 10.4 Å². The van der Waals surface area contributed by atoms with Crippen LogP contribution in [-0.4, -0.2) is 35.4 Å². The molecule has 0 atom stereocenters. The van der Waals surface area contributed by atoms with E-state index in [4.69, 9.17) is 9.47 Å². The van der Waals surface area contributed by atoms with Crippen LogP contribution in [0.4, 0.5) is 0 Å². The smallest absolute Gasteiger partial charge is 0.271 e. The summed E-state index contributed by atoms with van der Waals surface area (Å²) in [5.41, 5.74) is 0.382. The van der Waals surface area contributed by atoms with Gasteiger partial charge in [0.25, 0.3) is 5.91 Å². The first kappa shape index (κ1) is 16.0. The molecule has 118 valence electrons. The topological polar surface area (TPSA) is 65.4 Å². The summed E-state index contributed by atoms with van der Waals surface area (Å²) >= 11 is 0. The number of hydrogen-bond donors (Lipinski definition) is 1. The first-order chi connectivity index (χ1) is 10.8. The van der Waals surface area contributed by atoms with E-state index in [1.54, 1.807) is 16.9 Å². The molecule has 0 saturated heterocycles. The van der Waals surface area contributed by atoms with Crippen molar-refractivity contribution in [3.8, 4) is 5.75 Å². The van der Waals surface area contributed by atoms with Crippen LogP contribution < -0.4 is 10.1 Å². The summed E-state index contributed by atoms with van der Waals surface area (Å²) in [6, 6.07) is 11.1. The number of carbonyl (C=O) groups is 1. The van der Waals surface area contributed by atoms with Gasteiger partial charge in [-0.25, -0.2) is 4.68 Å². The molecule has 2 aromatic rings. The molecule has 0 bridgehead atoms. The van der Waals surface area contributed by atoms with Gasteiger partial charge >= 0.3 is 0 Å². The number of carbonyl (C=O) groups excluding carboxylic acids is 1. The number of hydrogen-bond acceptors (Lipinski definition) is 4. The van der Waals surface area contributed by atoms with Gasteiger partial charge in [0.15, 0.2) is 6.73 Å².